The van der Waals surface area contributed by atoms with Gasteiger partial charge >= 0.3 is 11.8 Å². The monoisotopic (exact) mass is 430 g/mol. The summed E-state index contributed by atoms with van der Waals surface area (Å²) in [6.45, 7) is 0.376. The van der Waals surface area contributed by atoms with Crippen molar-refractivity contribution in [2.75, 3.05) is 31.8 Å². The normalized spacial score (nSPS) is 17.6. The lowest BCUT2D eigenvalue weighted by Crippen LogP contribution is -2.50. The van der Waals surface area contributed by atoms with Crippen LogP contribution in [0, 0.1) is 0 Å². The molecule has 1 fully saturated rings. The molecule has 1 heterocycles. The number of carbonyl (C=O) groups is 2. The van der Waals surface area contributed by atoms with E-state index in [-0.39, 0.29) is 24.7 Å². The molecule has 30 heavy (non-hydrogen) atoms. The Labute approximate surface area is 177 Å². The Morgan fingerprint density at radius 3 is 2.10 bits per heavy atom. The summed E-state index contributed by atoms with van der Waals surface area (Å²) in [5, 5.41) is 2.83. The molecule has 1 unspecified atom stereocenters. The van der Waals surface area contributed by atoms with E-state index >= 15 is 0 Å². The minimum atomic E-state index is -3.20. The Bertz CT molecular complexity index is 924. The Balaban J connectivity index is 1.82. The van der Waals surface area contributed by atoms with E-state index in [2.05, 4.69) is 5.32 Å². The maximum Gasteiger partial charge on any atom is 0.312 e. The molecular weight excluding hydrogens is 404 g/mol. The van der Waals surface area contributed by atoms with Crippen LogP contribution in [0.5, 0.6) is 0 Å². The summed E-state index contributed by atoms with van der Waals surface area (Å²) in [5.41, 5.74) is 1.69. The molecule has 3 rings (SSSR count). The van der Waals surface area contributed by atoms with Gasteiger partial charge in [0.15, 0.2) is 9.84 Å². The molecule has 0 spiro atoms. The number of nitrogens with one attached hydrogen (secondary N) is 1. The molecule has 1 N–H and O–H groups in total. The number of hydrogen-bond donors (Lipinski definition) is 1. The van der Waals surface area contributed by atoms with Crippen molar-refractivity contribution in [3.8, 4) is 0 Å². The van der Waals surface area contributed by atoms with Crippen molar-refractivity contribution in [3.63, 3.8) is 0 Å². The molecule has 2 amide bonds. The number of ether oxygens (including phenoxy) is 1. The third-order valence-electron chi connectivity index (χ3n) is 5.18. The average molecular weight is 431 g/mol. The van der Waals surface area contributed by atoms with Crippen LogP contribution in [-0.2, 0) is 24.2 Å². The highest BCUT2D eigenvalue weighted by molar-refractivity contribution is 7.91. The molecular formula is C22H26N2O5S. The zero-order chi connectivity index (χ0) is 21.6. The quantitative estimate of drug-likeness (QED) is 0.673. The molecule has 1 aliphatic rings. The molecule has 1 aliphatic heterocycles. The lowest BCUT2D eigenvalue weighted by atomic mass is 9.98. The Morgan fingerprint density at radius 1 is 1.07 bits per heavy atom. The van der Waals surface area contributed by atoms with Gasteiger partial charge in [0.05, 0.1) is 24.2 Å². The Morgan fingerprint density at radius 2 is 1.63 bits per heavy atom. The molecule has 8 heteroatoms. The number of carbonyl (C=O) groups excluding carboxylic acids is 2. The van der Waals surface area contributed by atoms with Crippen LogP contribution in [0.4, 0.5) is 0 Å². The van der Waals surface area contributed by atoms with Crippen LogP contribution in [0.3, 0.4) is 0 Å². The average Bonchev–Trinajstić information content (AvgIpc) is 3.12. The summed E-state index contributed by atoms with van der Waals surface area (Å²) in [5.74, 6) is -1.62. The van der Waals surface area contributed by atoms with Crippen LogP contribution >= 0.6 is 0 Å². The summed E-state index contributed by atoms with van der Waals surface area (Å²) in [4.78, 5) is 27.3. The predicted octanol–water partition coefficient (Wildman–Crippen LogP) is 1.55. The predicted molar refractivity (Wildman–Crippen MR) is 114 cm³/mol. The second-order valence-electron chi connectivity index (χ2n) is 7.28. The third kappa shape index (κ3) is 5.46. The van der Waals surface area contributed by atoms with E-state index in [9.17, 15) is 18.0 Å². The second kappa shape index (κ2) is 9.86. The van der Waals surface area contributed by atoms with Gasteiger partial charge in [0.1, 0.15) is 0 Å². The maximum atomic E-state index is 13.0. The second-order valence-corrected chi connectivity index (χ2v) is 9.50. The molecule has 0 aromatic heterocycles. The minimum absolute atomic E-state index is 0.0205. The minimum Gasteiger partial charge on any atom is -0.383 e. The lowest BCUT2D eigenvalue weighted by Gasteiger charge is -2.28. The molecule has 0 saturated carbocycles. The number of sulfone groups is 1. The van der Waals surface area contributed by atoms with Crippen molar-refractivity contribution in [2.45, 2.75) is 18.5 Å². The molecule has 2 aromatic rings. The van der Waals surface area contributed by atoms with Gasteiger partial charge < -0.3 is 15.0 Å². The maximum absolute atomic E-state index is 13.0. The van der Waals surface area contributed by atoms with Crippen LogP contribution in [0.15, 0.2) is 60.7 Å². The van der Waals surface area contributed by atoms with Gasteiger partial charge in [-0.1, -0.05) is 60.7 Å². The van der Waals surface area contributed by atoms with Crippen LogP contribution in [0.2, 0.25) is 0 Å². The summed E-state index contributed by atoms with van der Waals surface area (Å²) >= 11 is 0. The van der Waals surface area contributed by atoms with Gasteiger partial charge in [0.2, 0.25) is 0 Å². The van der Waals surface area contributed by atoms with E-state index in [0.29, 0.717) is 6.42 Å². The first kappa shape index (κ1) is 22.0. The molecule has 0 aliphatic carbocycles. The highest BCUT2D eigenvalue weighted by Gasteiger charge is 2.37. The van der Waals surface area contributed by atoms with E-state index in [1.807, 2.05) is 60.7 Å². The smallest absolute Gasteiger partial charge is 0.312 e. The van der Waals surface area contributed by atoms with Gasteiger partial charge in [0.25, 0.3) is 0 Å². The molecule has 7 nitrogen and oxygen atoms in total. The van der Waals surface area contributed by atoms with E-state index < -0.39 is 33.7 Å². The van der Waals surface area contributed by atoms with Gasteiger partial charge in [-0.2, -0.15) is 0 Å². The molecule has 2 aromatic carbocycles. The molecule has 0 bridgehead atoms. The van der Waals surface area contributed by atoms with Crippen molar-refractivity contribution in [1.82, 2.24) is 10.2 Å². The van der Waals surface area contributed by atoms with Gasteiger partial charge in [-0.3, -0.25) is 9.59 Å². The summed E-state index contributed by atoms with van der Waals surface area (Å²) in [6, 6.07) is 17.8. The fraction of sp³-hybridized carbons (Fsp3) is 0.364. The Kier molecular flexibility index (Phi) is 7.23. The first-order valence-electron chi connectivity index (χ1n) is 9.82. The number of rotatable bonds is 7. The summed E-state index contributed by atoms with van der Waals surface area (Å²) in [6.07, 6.45) is 0.325. The molecule has 1 atom stereocenters. The number of amides is 2. The van der Waals surface area contributed by atoms with Gasteiger partial charge in [-0.05, 0) is 17.5 Å². The number of hydrogen-bond acceptors (Lipinski definition) is 5. The van der Waals surface area contributed by atoms with Gasteiger partial charge in [-0.15, -0.1) is 0 Å². The van der Waals surface area contributed by atoms with E-state index in [1.165, 1.54) is 12.0 Å². The highest BCUT2D eigenvalue weighted by Crippen LogP contribution is 2.23. The fourth-order valence-corrected chi connectivity index (χ4v) is 5.36. The van der Waals surface area contributed by atoms with E-state index in [4.69, 9.17) is 4.74 Å². The van der Waals surface area contributed by atoms with Crippen molar-refractivity contribution in [1.29, 1.82) is 0 Å². The first-order valence-corrected chi connectivity index (χ1v) is 11.6. The van der Waals surface area contributed by atoms with Crippen molar-refractivity contribution >= 4 is 21.7 Å². The third-order valence-corrected chi connectivity index (χ3v) is 6.93. The largest absolute Gasteiger partial charge is 0.383 e. The van der Waals surface area contributed by atoms with Crippen LogP contribution in [-0.4, -0.2) is 62.9 Å². The van der Waals surface area contributed by atoms with Crippen LogP contribution in [0.25, 0.3) is 0 Å². The van der Waals surface area contributed by atoms with Crippen molar-refractivity contribution in [2.24, 2.45) is 0 Å². The van der Waals surface area contributed by atoms with Crippen LogP contribution in [0.1, 0.15) is 23.6 Å². The van der Waals surface area contributed by atoms with Crippen molar-refractivity contribution in [3.05, 3.63) is 71.8 Å². The SMILES string of the molecule is COCCN(C(=O)C(=O)NC(c1ccccc1)c1ccccc1)C1CCS(=O)(=O)C1. The lowest BCUT2D eigenvalue weighted by molar-refractivity contribution is -0.147. The fourth-order valence-electron chi connectivity index (χ4n) is 3.63. The number of nitrogens with zero attached hydrogens (tertiary/aromatic N) is 1. The van der Waals surface area contributed by atoms with Gasteiger partial charge in [0, 0.05) is 19.7 Å². The Hall–Kier alpha value is -2.71. The zero-order valence-electron chi connectivity index (χ0n) is 16.9. The van der Waals surface area contributed by atoms with Gasteiger partial charge in [-0.25, -0.2) is 8.42 Å². The first-order chi connectivity index (χ1) is 14.4. The van der Waals surface area contributed by atoms with Crippen LogP contribution < -0.4 is 5.32 Å². The van der Waals surface area contributed by atoms with E-state index in [1.54, 1.807) is 0 Å². The topological polar surface area (TPSA) is 92.8 Å². The van der Waals surface area contributed by atoms with E-state index in [0.717, 1.165) is 11.1 Å². The molecule has 1 saturated heterocycles. The zero-order valence-corrected chi connectivity index (χ0v) is 17.7. The highest BCUT2D eigenvalue weighted by atomic mass is 32.2. The van der Waals surface area contributed by atoms with Crippen molar-refractivity contribution < 1.29 is 22.7 Å². The standard InChI is InChI=1S/C22H26N2O5S/c1-29-14-13-24(19-12-15-30(27,28)16-19)22(26)21(25)23-20(17-8-4-2-5-9-17)18-10-6-3-7-11-18/h2-11,19-20H,12-16H2,1H3,(H,23,25). The summed E-state index contributed by atoms with van der Waals surface area (Å²) < 4.78 is 28.8. The number of benzene rings is 2. The molecule has 0 radical (unpaired) electrons. The molecule has 160 valence electrons. The summed E-state index contributed by atoms with van der Waals surface area (Å²) in [7, 11) is -1.71. The number of methoxy groups -OCH3 is 1.